The van der Waals surface area contributed by atoms with Crippen LogP contribution in [0.15, 0.2) is 0 Å². The highest BCUT2D eigenvalue weighted by molar-refractivity contribution is 5.78. The molecule has 1 heterocycles. The first-order chi connectivity index (χ1) is 8.47. The molecule has 0 saturated carbocycles. The first kappa shape index (κ1) is 15.4. The molecule has 0 aromatic heterocycles. The quantitative estimate of drug-likeness (QED) is 0.668. The monoisotopic (exact) mass is 257 g/mol. The molecule has 0 bridgehead atoms. The van der Waals surface area contributed by atoms with E-state index in [1.807, 2.05) is 20.8 Å². The Morgan fingerprint density at radius 2 is 1.94 bits per heavy atom. The number of nitrogens with zero attached hydrogens (tertiary/aromatic N) is 1. The summed E-state index contributed by atoms with van der Waals surface area (Å²) in [6, 6.07) is 0. The summed E-state index contributed by atoms with van der Waals surface area (Å²) in [7, 11) is 0. The smallest absolute Gasteiger partial charge is 0.234 e. The van der Waals surface area contributed by atoms with E-state index in [1.165, 1.54) is 0 Å². The van der Waals surface area contributed by atoms with Crippen LogP contribution in [-0.4, -0.2) is 62.3 Å². The number of carbonyl (C=O) groups excluding carboxylic acids is 1. The van der Waals surface area contributed by atoms with Gasteiger partial charge in [-0.1, -0.05) is 0 Å². The second-order valence-electron chi connectivity index (χ2n) is 5.78. The Morgan fingerprint density at radius 3 is 2.56 bits per heavy atom. The summed E-state index contributed by atoms with van der Waals surface area (Å²) in [6.45, 7) is 12.1. The molecule has 0 radical (unpaired) electrons. The maximum absolute atomic E-state index is 11.5. The van der Waals surface area contributed by atoms with E-state index < -0.39 is 0 Å². The maximum atomic E-state index is 11.5. The fraction of sp³-hybridized carbons (Fsp3) is 0.923. The fourth-order valence-electron chi connectivity index (χ4n) is 1.92. The topological polar surface area (TPSA) is 53.6 Å². The number of carbonyl (C=O) groups is 1. The van der Waals surface area contributed by atoms with Crippen molar-refractivity contribution < 1.29 is 9.53 Å². The Morgan fingerprint density at radius 1 is 1.28 bits per heavy atom. The average Bonchev–Trinajstić information content (AvgIpc) is 2.27. The van der Waals surface area contributed by atoms with Gasteiger partial charge in [0.2, 0.25) is 5.91 Å². The van der Waals surface area contributed by atoms with Crippen molar-refractivity contribution in [1.29, 1.82) is 0 Å². The van der Waals surface area contributed by atoms with Crippen LogP contribution in [0.4, 0.5) is 0 Å². The molecule has 1 fully saturated rings. The van der Waals surface area contributed by atoms with E-state index in [-0.39, 0.29) is 11.4 Å². The van der Waals surface area contributed by atoms with Gasteiger partial charge in [0, 0.05) is 18.6 Å². The first-order valence-electron chi connectivity index (χ1n) is 6.79. The van der Waals surface area contributed by atoms with Gasteiger partial charge in [0.05, 0.1) is 19.8 Å². The first-order valence-corrected chi connectivity index (χ1v) is 6.79. The van der Waals surface area contributed by atoms with Crippen LogP contribution in [0.3, 0.4) is 0 Å². The van der Waals surface area contributed by atoms with Crippen LogP contribution in [0.1, 0.15) is 27.2 Å². The highest BCUT2D eigenvalue weighted by Crippen LogP contribution is 1.98. The van der Waals surface area contributed by atoms with Crippen LogP contribution in [0.2, 0.25) is 0 Å². The second-order valence-corrected chi connectivity index (χ2v) is 5.78. The van der Waals surface area contributed by atoms with E-state index in [1.54, 1.807) is 0 Å². The van der Waals surface area contributed by atoms with E-state index in [4.69, 9.17) is 4.74 Å². The standard InChI is InChI=1S/C13H27N3O2/c1-13(2,3)15-12(17)11-14-5-4-6-16-7-9-18-10-8-16/h14H,4-11H2,1-3H3,(H,15,17). The zero-order chi connectivity index (χ0) is 13.4. The van der Waals surface area contributed by atoms with Gasteiger partial charge in [-0.3, -0.25) is 9.69 Å². The molecule has 1 aliphatic rings. The van der Waals surface area contributed by atoms with Crippen molar-refractivity contribution in [3.05, 3.63) is 0 Å². The van der Waals surface area contributed by atoms with Gasteiger partial charge < -0.3 is 15.4 Å². The molecular formula is C13H27N3O2. The van der Waals surface area contributed by atoms with Gasteiger partial charge in [-0.2, -0.15) is 0 Å². The summed E-state index contributed by atoms with van der Waals surface area (Å²) < 4.78 is 5.29. The molecule has 5 heteroatoms. The second kappa shape index (κ2) is 7.71. The molecule has 0 atom stereocenters. The molecule has 18 heavy (non-hydrogen) atoms. The highest BCUT2D eigenvalue weighted by atomic mass is 16.5. The van der Waals surface area contributed by atoms with Gasteiger partial charge in [0.1, 0.15) is 0 Å². The van der Waals surface area contributed by atoms with Gasteiger partial charge >= 0.3 is 0 Å². The Kier molecular flexibility index (Phi) is 6.60. The van der Waals surface area contributed by atoms with E-state index in [2.05, 4.69) is 15.5 Å². The molecule has 0 aromatic rings. The molecule has 2 N–H and O–H groups in total. The van der Waals surface area contributed by atoms with Gasteiger partial charge in [-0.05, 0) is 40.3 Å². The summed E-state index contributed by atoms with van der Waals surface area (Å²) in [4.78, 5) is 13.9. The number of hydrogen-bond acceptors (Lipinski definition) is 4. The maximum Gasteiger partial charge on any atom is 0.234 e. The summed E-state index contributed by atoms with van der Waals surface area (Å²) in [5, 5.41) is 6.11. The molecule has 1 amide bonds. The number of ether oxygens (including phenoxy) is 1. The summed E-state index contributed by atoms with van der Waals surface area (Å²) in [6.07, 6.45) is 1.07. The van der Waals surface area contributed by atoms with E-state index in [0.29, 0.717) is 6.54 Å². The van der Waals surface area contributed by atoms with Gasteiger partial charge in [-0.25, -0.2) is 0 Å². The molecule has 1 aliphatic heterocycles. The molecule has 0 aromatic carbocycles. The third-order valence-electron chi connectivity index (χ3n) is 2.73. The SMILES string of the molecule is CC(C)(C)NC(=O)CNCCCN1CCOCC1. The molecule has 1 saturated heterocycles. The highest BCUT2D eigenvalue weighted by Gasteiger charge is 2.13. The Labute approximate surface area is 110 Å². The molecule has 106 valence electrons. The van der Waals surface area contributed by atoms with Gasteiger partial charge in [0.25, 0.3) is 0 Å². The lowest BCUT2D eigenvalue weighted by Crippen LogP contribution is -2.45. The van der Waals surface area contributed by atoms with Crippen LogP contribution in [0.25, 0.3) is 0 Å². The van der Waals surface area contributed by atoms with Crippen molar-refractivity contribution >= 4 is 5.91 Å². The van der Waals surface area contributed by atoms with Crippen LogP contribution < -0.4 is 10.6 Å². The van der Waals surface area contributed by atoms with E-state index in [0.717, 1.165) is 45.8 Å². The number of rotatable bonds is 6. The lowest BCUT2D eigenvalue weighted by Gasteiger charge is -2.26. The normalized spacial score (nSPS) is 17.7. The molecule has 0 spiro atoms. The van der Waals surface area contributed by atoms with Gasteiger partial charge in [-0.15, -0.1) is 0 Å². The number of hydrogen-bond donors (Lipinski definition) is 2. The van der Waals surface area contributed by atoms with Crippen molar-refractivity contribution in [3.8, 4) is 0 Å². The third kappa shape index (κ3) is 7.63. The van der Waals surface area contributed by atoms with Crippen molar-refractivity contribution in [2.45, 2.75) is 32.7 Å². The minimum atomic E-state index is -0.146. The van der Waals surface area contributed by atoms with E-state index in [9.17, 15) is 4.79 Å². The van der Waals surface area contributed by atoms with Crippen LogP contribution in [0.5, 0.6) is 0 Å². The Hall–Kier alpha value is -0.650. The number of morpholine rings is 1. The van der Waals surface area contributed by atoms with Crippen molar-refractivity contribution in [2.24, 2.45) is 0 Å². The number of nitrogens with one attached hydrogen (secondary N) is 2. The Bertz CT molecular complexity index is 245. The lowest BCUT2D eigenvalue weighted by atomic mass is 10.1. The van der Waals surface area contributed by atoms with Gasteiger partial charge in [0.15, 0.2) is 0 Å². The molecule has 1 rings (SSSR count). The largest absolute Gasteiger partial charge is 0.379 e. The van der Waals surface area contributed by atoms with Crippen molar-refractivity contribution in [3.63, 3.8) is 0 Å². The van der Waals surface area contributed by atoms with E-state index >= 15 is 0 Å². The third-order valence-corrected chi connectivity index (χ3v) is 2.73. The zero-order valence-electron chi connectivity index (χ0n) is 11.9. The lowest BCUT2D eigenvalue weighted by molar-refractivity contribution is -0.121. The molecule has 0 unspecified atom stereocenters. The predicted octanol–water partition coefficient (Wildman–Crippen LogP) is 0.213. The summed E-state index contributed by atoms with van der Waals surface area (Å²) in [5.41, 5.74) is -0.146. The molecule has 5 nitrogen and oxygen atoms in total. The summed E-state index contributed by atoms with van der Waals surface area (Å²) in [5.74, 6) is 0.0638. The molecule has 0 aliphatic carbocycles. The van der Waals surface area contributed by atoms with Crippen LogP contribution in [0, 0.1) is 0 Å². The number of amides is 1. The summed E-state index contributed by atoms with van der Waals surface area (Å²) >= 11 is 0. The van der Waals surface area contributed by atoms with Crippen molar-refractivity contribution in [1.82, 2.24) is 15.5 Å². The Balaban J connectivity index is 1.96. The molecular weight excluding hydrogens is 230 g/mol. The van der Waals surface area contributed by atoms with Crippen LogP contribution >= 0.6 is 0 Å². The minimum Gasteiger partial charge on any atom is -0.379 e. The average molecular weight is 257 g/mol. The van der Waals surface area contributed by atoms with Crippen molar-refractivity contribution in [2.75, 3.05) is 45.9 Å². The zero-order valence-corrected chi connectivity index (χ0v) is 11.9. The fourth-order valence-corrected chi connectivity index (χ4v) is 1.92. The predicted molar refractivity (Wildman–Crippen MR) is 72.6 cm³/mol. The minimum absolute atomic E-state index is 0.0638. The van der Waals surface area contributed by atoms with Crippen LogP contribution in [-0.2, 0) is 9.53 Å².